The van der Waals surface area contributed by atoms with Gasteiger partial charge in [0.05, 0.1) is 32.7 Å². The molecule has 6 rings (SSSR count). The number of carbonyl (C=O) groups excluding carboxylic acids is 1. The summed E-state index contributed by atoms with van der Waals surface area (Å²) in [5.41, 5.74) is 7.66. The lowest BCUT2D eigenvalue weighted by molar-refractivity contribution is 0.0743. The number of rotatable bonds is 6. The van der Waals surface area contributed by atoms with Gasteiger partial charge >= 0.3 is 0 Å². The minimum Gasteiger partial charge on any atom is -0.355 e. The SMILES string of the molecule is Cc1ccc(C#Cc2ccc(-c3c(CNC4=NCCN4)c(C(=O)NN4CCCCC4)nn3-c3ccc(Cl)cc3Cl)s2)cc1. The van der Waals surface area contributed by atoms with E-state index in [1.807, 2.05) is 35.3 Å². The molecule has 220 valence electrons. The molecule has 0 aliphatic carbocycles. The third-order valence-corrected chi connectivity index (χ3v) is 8.83. The van der Waals surface area contributed by atoms with E-state index < -0.39 is 0 Å². The highest BCUT2D eigenvalue weighted by molar-refractivity contribution is 7.16. The van der Waals surface area contributed by atoms with Crippen molar-refractivity contribution in [1.29, 1.82) is 0 Å². The molecule has 11 heteroatoms. The standard InChI is InChI=1S/C32H31Cl2N7OS/c1-21-5-7-22(8-6-21)9-11-24-12-14-28(43-24)30-25(20-37-32-35-15-16-36-32)29(31(42)39-40-17-3-2-4-18-40)38-41(30)27-13-10-23(33)19-26(27)34/h5-8,10,12-14,19H,2-4,15-18,20H2,1H3,(H,39,42)(H2,35,36,37). The summed E-state index contributed by atoms with van der Waals surface area (Å²) in [6.45, 7) is 5.48. The lowest BCUT2D eigenvalue weighted by atomic mass is 10.1. The molecule has 0 bridgehead atoms. The number of halogens is 2. The van der Waals surface area contributed by atoms with Gasteiger partial charge in [0, 0.05) is 42.3 Å². The molecule has 4 aromatic rings. The zero-order valence-electron chi connectivity index (χ0n) is 23.7. The third kappa shape index (κ3) is 6.89. The van der Waals surface area contributed by atoms with Gasteiger partial charge in [-0.05, 0) is 62.2 Å². The van der Waals surface area contributed by atoms with Gasteiger partial charge in [-0.2, -0.15) is 5.10 Å². The first-order chi connectivity index (χ1) is 20.9. The van der Waals surface area contributed by atoms with E-state index in [-0.39, 0.29) is 5.91 Å². The van der Waals surface area contributed by atoms with Crippen molar-refractivity contribution < 1.29 is 4.79 Å². The van der Waals surface area contributed by atoms with Crippen LogP contribution in [0.15, 0.2) is 59.6 Å². The van der Waals surface area contributed by atoms with Crippen molar-refractivity contribution in [2.45, 2.75) is 32.7 Å². The van der Waals surface area contributed by atoms with Gasteiger partial charge in [-0.25, -0.2) is 9.69 Å². The number of nitrogens with one attached hydrogen (secondary N) is 3. The van der Waals surface area contributed by atoms with E-state index in [0.717, 1.165) is 65.5 Å². The van der Waals surface area contributed by atoms with E-state index in [9.17, 15) is 4.79 Å². The van der Waals surface area contributed by atoms with E-state index in [1.54, 1.807) is 16.8 Å². The van der Waals surface area contributed by atoms with E-state index in [1.165, 1.54) is 16.9 Å². The highest BCUT2D eigenvalue weighted by atomic mass is 35.5. The maximum atomic E-state index is 13.8. The minimum atomic E-state index is -0.263. The third-order valence-electron chi connectivity index (χ3n) is 7.28. The predicted molar refractivity (Wildman–Crippen MR) is 174 cm³/mol. The average molecular weight is 633 g/mol. The molecule has 3 N–H and O–H groups in total. The molecule has 2 aliphatic rings. The Hall–Kier alpha value is -3.81. The van der Waals surface area contributed by atoms with Gasteiger partial charge < -0.3 is 10.6 Å². The van der Waals surface area contributed by atoms with Crippen LogP contribution in [0.3, 0.4) is 0 Å². The Morgan fingerprint density at radius 2 is 1.86 bits per heavy atom. The van der Waals surface area contributed by atoms with Crippen molar-refractivity contribution in [3.8, 4) is 28.1 Å². The topological polar surface area (TPSA) is 86.6 Å². The highest BCUT2D eigenvalue weighted by Crippen LogP contribution is 2.36. The molecule has 8 nitrogen and oxygen atoms in total. The molecule has 1 fully saturated rings. The van der Waals surface area contributed by atoms with Crippen LogP contribution < -0.4 is 16.1 Å². The Bertz CT molecular complexity index is 1730. The number of amides is 1. The van der Waals surface area contributed by atoms with Gasteiger partial charge in [-0.1, -0.05) is 59.2 Å². The molecule has 43 heavy (non-hydrogen) atoms. The summed E-state index contributed by atoms with van der Waals surface area (Å²) in [5, 5.41) is 14.4. The second-order valence-electron chi connectivity index (χ2n) is 10.5. The Labute approximate surface area is 265 Å². The van der Waals surface area contributed by atoms with Crippen LogP contribution in [-0.2, 0) is 6.54 Å². The first-order valence-electron chi connectivity index (χ1n) is 14.3. The molecule has 2 aromatic heterocycles. The van der Waals surface area contributed by atoms with Gasteiger partial charge in [0.2, 0.25) is 0 Å². The molecule has 0 atom stereocenters. The number of hydrogen-bond acceptors (Lipinski definition) is 7. The number of hydrazine groups is 1. The number of benzene rings is 2. The van der Waals surface area contributed by atoms with Gasteiger partial charge in [-0.15, -0.1) is 11.3 Å². The fourth-order valence-electron chi connectivity index (χ4n) is 5.07. The largest absolute Gasteiger partial charge is 0.355 e. The van der Waals surface area contributed by atoms with Crippen LogP contribution in [0.1, 0.15) is 51.3 Å². The maximum absolute atomic E-state index is 13.8. The monoisotopic (exact) mass is 631 g/mol. The number of aromatic nitrogens is 2. The fourth-order valence-corrected chi connectivity index (χ4v) is 6.48. The van der Waals surface area contributed by atoms with Crippen molar-refractivity contribution in [2.24, 2.45) is 4.99 Å². The minimum absolute atomic E-state index is 0.263. The van der Waals surface area contributed by atoms with Crippen LogP contribution in [0, 0.1) is 18.8 Å². The van der Waals surface area contributed by atoms with Gasteiger partial charge in [0.15, 0.2) is 11.7 Å². The second-order valence-corrected chi connectivity index (χ2v) is 12.4. The van der Waals surface area contributed by atoms with Crippen LogP contribution >= 0.6 is 34.5 Å². The number of aliphatic imine (C=N–C) groups is 1. The molecule has 1 saturated heterocycles. The van der Waals surface area contributed by atoms with Crippen LogP contribution in [0.25, 0.3) is 16.3 Å². The average Bonchev–Trinajstić information content (AvgIpc) is 3.77. The maximum Gasteiger partial charge on any atom is 0.286 e. The zero-order valence-corrected chi connectivity index (χ0v) is 26.0. The van der Waals surface area contributed by atoms with Crippen molar-refractivity contribution in [3.63, 3.8) is 0 Å². The summed E-state index contributed by atoms with van der Waals surface area (Å²) in [6, 6.07) is 17.4. The molecule has 0 saturated carbocycles. The Kier molecular flexibility index (Phi) is 9.00. The van der Waals surface area contributed by atoms with E-state index in [0.29, 0.717) is 40.5 Å². The molecule has 0 radical (unpaired) electrons. The Morgan fingerprint density at radius 1 is 1.05 bits per heavy atom. The molecule has 0 unspecified atom stereocenters. The molecule has 2 aliphatic heterocycles. The molecule has 1 amide bonds. The van der Waals surface area contributed by atoms with Crippen LogP contribution in [0.2, 0.25) is 10.0 Å². The molecular formula is C32H31Cl2N7OS. The summed E-state index contributed by atoms with van der Waals surface area (Å²) in [7, 11) is 0. The summed E-state index contributed by atoms with van der Waals surface area (Å²) in [5.74, 6) is 6.98. The Morgan fingerprint density at radius 3 is 2.60 bits per heavy atom. The van der Waals surface area contributed by atoms with Crippen LogP contribution in [0.4, 0.5) is 0 Å². The molecule has 2 aromatic carbocycles. The fraction of sp³-hybridized carbons (Fsp3) is 0.281. The lowest BCUT2D eigenvalue weighted by Crippen LogP contribution is -2.45. The number of hydrogen-bond donors (Lipinski definition) is 3. The second kappa shape index (κ2) is 13.2. The van der Waals surface area contributed by atoms with E-state index in [2.05, 4.69) is 51.9 Å². The quantitative estimate of drug-likeness (QED) is 0.234. The summed E-state index contributed by atoms with van der Waals surface area (Å²) in [4.78, 5) is 20.1. The smallest absolute Gasteiger partial charge is 0.286 e. The highest BCUT2D eigenvalue weighted by Gasteiger charge is 2.28. The number of nitrogens with zero attached hydrogens (tertiary/aromatic N) is 4. The number of guanidine groups is 1. The number of piperidine rings is 1. The van der Waals surface area contributed by atoms with Gasteiger partial charge in [-0.3, -0.25) is 15.2 Å². The van der Waals surface area contributed by atoms with E-state index >= 15 is 0 Å². The number of aryl methyl sites for hydroxylation is 1. The number of thiophene rings is 1. The Balaban J connectivity index is 1.44. The van der Waals surface area contributed by atoms with Crippen molar-refractivity contribution in [2.75, 3.05) is 26.2 Å². The normalized spacial score (nSPS) is 14.9. The summed E-state index contributed by atoms with van der Waals surface area (Å²) < 4.78 is 1.74. The zero-order chi connectivity index (χ0) is 29.8. The van der Waals surface area contributed by atoms with Gasteiger partial charge in [0.1, 0.15) is 0 Å². The first kappa shape index (κ1) is 29.3. The van der Waals surface area contributed by atoms with Crippen molar-refractivity contribution in [3.05, 3.63) is 91.9 Å². The molecular weight excluding hydrogens is 601 g/mol. The molecule has 0 spiro atoms. The number of carbonyl (C=O) groups is 1. The lowest BCUT2D eigenvalue weighted by Gasteiger charge is -2.26. The van der Waals surface area contributed by atoms with Crippen LogP contribution in [0.5, 0.6) is 0 Å². The first-order valence-corrected chi connectivity index (χ1v) is 15.9. The van der Waals surface area contributed by atoms with Crippen LogP contribution in [-0.4, -0.2) is 52.8 Å². The molecule has 4 heterocycles. The summed E-state index contributed by atoms with van der Waals surface area (Å²) in [6.07, 6.45) is 3.25. The summed E-state index contributed by atoms with van der Waals surface area (Å²) >= 11 is 14.5. The van der Waals surface area contributed by atoms with Crippen molar-refractivity contribution in [1.82, 2.24) is 30.8 Å². The van der Waals surface area contributed by atoms with Gasteiger partial charge in [0.25, 0.3) is 5.91 Å². The predicted octanol–water partition coefficient (Wildman–Crippen LogP) is 5.80. The van der Waals surface area contributed by atoms with Crippen molar-refractivity contribution >= 4 is 46.4 Å². The van der Waals surface area contributed by atoms with E-state index in [4.69, 9.17) is 28.3 Å².